The molecule has 0 aromatic carbocycles. The summed E-state index contributed by atoms with van der Waals surface area (Å²) in [6.07, 6.45) is -2.28. The Morgan fingerprint density at radius 1 is 1.39 bits per heavy atom. The molecule has 0 radical (unpaired) electrons. The van der Waals surface area contributed by atoms with Crippen molar-refractivity contribution in [1.29, 1.82) is 0 Å². The van der Waals surface area contributed by atoms with Crippen molar-refractivity contribution in [2.45, 2.75) is 29.8 Å². The summed E-state index contributed by atoms with van der Waals surface area (Å²) < 4.78 is 1.22. The molecule has 1 aliphatic heterocycles. The molecule has 18 heavy (non-hydrogen) atoms. The second-order valence-corrected chi connectivity index (χ2v) is 5.54. The number of H-pyrrole nitrogens is 1. The van der Waals surface area contributed by atoms with E-state index in [0.29, 0.717) is 5.69 Å². The number of hydrogen-bond acceptors (Lipinski definition) is 6. The highest BCUT2D eigenvalue weighted by molar-refractivity contribution is 8.00. The predicted octanol–water partition coefficient (Wildman–Crippen LogP) is -1.83. The fraction of sp³-hybridized carbons (Fsp3) is 0.600. The molecular formula is C10H14N2O5S. The van der Waals surface area contributed by atoms with Crippen LogP contribution in [0.3, 0.4) is 0 Å². The second kappa shape index (κ2) is 4.88. The first-order valence-electron chi connectivity index (χ1n) is 5.40. The third-order valence-electron chi connectivity index (χ3n) is 2.94. The van der Waals surface area contributed by atoms with Crippen LogP contribution in [0.25, 0.3) is 0 Å². The maximum Gasteiger partial charge on any atom is 0.329 e. The molecule has 0 saturated carbocycles. The van der Waals surface area contributed by atoms with Crippen LogP contribution in [0.2, 0.25) is 0 Å². The molecule has 1 aromatic rings. The van der Waals surface area contributed by atoms with Gasteiger partial charge in [0.15, 0.2) is 0 Å². The lowest BCUT2D eigenvalue weighted by Crippen LogP contribution is -2.38. The molecule has 1 fully saturated rings. The average Bonchev–Trinajstić information content (AvgIpc) is 2.56. The first kappa shape index (κ1) is 13.3. The maximum absolute atomic E-state index is 11.7. The fourth-order valence-corrected chi connectivity index (χ4v) is 3.50. The normalized spacial score (nSPS) is 31.8. The van der Waals surface area contributed by atoms with Crippen LogP contribution in [0.1, 0.15) is 11.1 Å². The summed E-state index contributed by atoms with van der Waals surface area (Å²) in [7, 11) is 0. The summed E-state index contributed by atoms with van der Waals surface area (Å²) in [5.74, 6) is 0. The van der Waals surface area contributed by atoms with E-state index in [2.05, 4.69) is 4.98 Å². The van der Waals surface area contributed by atoms with Gasteiger partial charge in [0.2, 0.25) is 0 Å². The number of aromatic amines is 1. The number of rotatable bonds is 2. The van der Waals surface area contributed by atoms with Crippen molar-refractivity contribution in [3.8, 4) is 0 Å². The van der Waals surface area contributed by atoms with Crippen molar-refractivity contribution in [1.82, 2.24) is 9.55 Å². The maximum atomic E-state index is 11.7. The Bertz CT molecular complexity index is 554. The van der Waals surface area contributed by atoms with Gasteiger partial charge >= 0.3 is 5.69 Å². The van der Waals surface area contributed by atoms with E-state index in [0.717, 1.165) is 11.8 Å². The predicted molar refractivity (Wildman–Crippen MR) is 65.6 cm³/mol. The highest BCUT2D eigenvalue weighted by Crippen LogP contribution is 2.41. The Kier molecular flexibility index (Phi) is 3.62. The third-order valence-corrected chi connectivity index (χ3v) is 4.49. The molecule has 0 unspecified atom stereocenters. The summed E-state index contributed by atoms with van der Waals surface area (Å²) in [5, 5.41) is 27.4. The van der Waals surface area contributed by atoms with Gasteiger partial charge < -0.3 is 15.3 Å². The average molecular weight is 274 g/mol. The first-order valence-corrected chi connectivity index (χ1v) is 6.35. The van der Waals surface area contributed by atoms with Crippen LogP contribution >= 0.6 is 11.8 Å². The number of hydrogen-bond donors (Lipinski definition) is 4. The lowest BCUT2D eigenvalue weighted by Gasteiger charge is -2.19. The fourth-order valence-electron chi connectivity index (χ4n) is 2.03. The topological polar surface area (TPSA) is 116 Å². The summed E-state index contributed by atoms with van der Waals surface area (Å²) in [6, 6.07) is 1.24. The van der Waals surface area contributed by atoms with Crippen LogP contribution in [-0.2, 0) is 0 Å². The second-order valence-electron chi connectivity index (χ2n) is 4.18. The SMILES string of the molecule is Cc1cc(=O)[nH]c(=O)n1[C@@H]1S[C@@H](CO)[C@@H](O)[C@H]1O. The van der Waals surface area contributed by atoms with E-state index in [9.17, 15) is 19.8 Å². The van der Waals surface area contributed by atoms with Gasteiger partial charge in [-0.1, -0.05) is 0 Å². The van der Waals surface area contributed by atoms with E-state index in [1.165, 1.54) is 10.6 Å². The monoisotopic (exact) mass is 274 g/mol. The molecule has 7 nitrogen and oxygen atoms in total. The van der Waals surface area contributed by atoms with Gasteiger partial charge in [-0.05, 0) is 6.92 Å². The van der Waals surface area contributed by atoms with Gasteiger partial charge in [-0.2, -0.15) is 0 Å². The Morgan fingerprint density at radius 2 is 2.06 bits per heavy atom. The minimum atomic E-state index is -1.17. The van der Waals surface area contributed by atoms with Gasteiger partial charge in [0.1, 0.15) is 11.5 Å². The Hall–Kier alpha value is -1.09. The molecule has 0 amide bonds. The molecule has 2 heterocycles. The van der Waals surface area contributed by atoms with Crippen molar-refractivity contribution in [2.75, 3.05) is 6.61 Å². The van der Waals surface area contributed by atoms with E-state index >= 15 is 0 Å². The van der Waals surface area contributed by atoms with Gasteiger partial charge in [-0.25, -0.2) is 4.79 Å². The highest BCUT2D eigenvalue weighted by atomic mass is 32.2. The highest BCUT2D eigenvalue weighted by Gasteiger charge is 2.43. The van der Waals surface area contributed by atoms with Gasteiger partial charge in [-0.15, -0.1) is 11.8 Å². The lowest BCUT2D eigenvalue weighted by atomic mass is 10.1. The van der Waals surface area contributed by atoms with Gasteiger partial charge in [0.25, 0.3) is 5.56 Å². The van der Waals surface area contributed by atoms with Crippen molar-refractivity contribution in [2.24, 2.45) is 0 Å². The van der Waals surface area contributed by atoms with Crippen LogP contribution in [0.4, 0.5) is 0 Å². The van der Waals surface area contributed by atoms with Crippen LogP contribution in [-0.4, -0.2) is 48.9 Å². The molecule has 1 aromatic heterocycles. The zero-order chi connectivity index (χ0) is 13.4. The standard InChI is InChI=1S/C10H14N2O5S/c1-4-2-6(14)11-10(17)12(4)9-8(16)7(15)5(3-13)18-9/h2,5,7-9,13,15-16H,3H2,1H3,(H,11,14,17)/t5-,7+,8+,9+/m0/s1. The molecule has 1 saturated heterocycles. The zero-order valence-corrected chi connectivity index (χ0v) is 10.4. The van der Waals surface area contributed by atoms with E-state index in [1.807, 2.05) is 0 Å². The quantitative estimate of drug-likeness (QED) is 0.504. The Morgan fingerprint density at radius 3 is 2.56 bits per heavy atom. The molecule has 0 spiro atoms. The van der Waals surface area contributed by atoms with Crippen molar-refractivity contribution in [3.63, 3.8) is 0 Å². The molecule has 1 aliphatic rings. The van der Waals surface area contributed by atoms with E-state index in [4.69, 9.17) is 5.11 Å². The Balaban J connectivity index is 2.45. The molecule has 2 rings (SSSR count). The van der Waals surface area contributed by atoms with Gasteiger partial charge in [0.05, 0.1) is 18.0 Å². The molecule has 8 heteroatoms. The summed E-state index contributed by atoms with van der Waals surface area (Å²) in [4.78, 5) is 25.0. The lowest BCUT2D eigenvalue weighted by molar-refractivity contribution is 0.00984. The summed E-state index contributed by atoms with van der Waals surface area (Å²) in [6.45, 7) is 1.28. The number of thioether (sulfide) groups is 1. The number of nitrogens with one attached hydrogen (secondary N) is 1. The molecule has 100 valence electrons. The molecule has 4 N–H and O–H groups in total. The first-order chi connectivity index (χ1) is 8.45. The van der Waals surface area contributed by atoms with Gasteiger partial charge in [-0.3, -0.25) is 14.3 Å². The zero-order valence-electron chi connectivity index (χ0n) is 9.61. The van der Waals surface area contributed by atoms with Crippen LogP contribution in [0, 0.1) is 6.92 Å². The molecular weight excluding hydrogens is 260 g/mol. The van der Waals surface area contributed by atoms with E-state index in [-0.39, 0.29) is 6.61 Å². The molecule has 0 bridgehead atoms. The smallest absolute Gasteiger partial charge is 0.329 e. The van der Waals surface area contributed by atoms with Crippen LogP contribution in [0.15, 0.2) is 15.7 Å². The van der Waals surface area contributed by atoms with Crippen molar-refractivity contribution < 1.29 is 15.3 Å². The van der Waals surface area contributed by atoms with Crippen LogP contribution in [0.5, 0.6) is 0 Å². The number of aromatic nitrogens is 2. The Labute approximate surface area is 106 Å². The number of aryl methyl sites for hydroxylation is 1. The van der Waals surface area contributed by atoms with Crippen molar-refractivity contribution in [3.05, 3.63) is 32.6 Å². The summed E-state index contributed by atoms with van der Waals surface area (Å²) in [5.41, 5.74) is -0.751. The van der Waals surface area contributed by atoms with Gasteiger partial charge in [0, 0.05) is 11.8 Å². The summed E-state index contributed by atoms with van der Waals surface area (Å²) >= 11 is 1.11. The minimum Gasteiger partial charge on any atom is -0.395 e. The van der Waals surface area contributed by atoms with E-state index in [1.54, 1.807) is 6.92 Å². The van der Waals surface area contributed by atoms with Crippen LogP contribution < -0.4 is 11.2 Å². The number of nitrogens with zero attached hydrogens (tertiary/aromatic N) is 1. The third kappa shape index (κ3) is 2.12. The minimum absolute atomic E-state index is 0.295. The molecule has 4 atom stereocenters. The number of aliphatic hydroxyl groups excluding tert-OH is 3. The largest absolute Gasteiger partial charge is 0.395 e. The van der Waals surface area contributed by atoms with E-state index < -0.39 is 34.1 Å². The van der Waals surface area contributed by atoms with Crippen molar-refractivity contribution >= 4 is 11.8 Å². The molecule has 0 aliphatic carbocycles. The number of aliphatic hydroxyl groups is 3.